The molecule has 1 atom stereocenters. The zero-order chi connectivity index (χ0) is 9.26. The van der Waals surface area contributed by atoms with Crippen LogP contribution in [0.4, 0.5) is 0 Å². The normalized spacial score (nSPS) is 24.5. The van der Waals surface area contributed by atoms with Gasteiger partial charge in [-0.05, 0) is 6.08 Å². The fourth-order valence-electron chi connectivity index (χ4n) is 1.34. The quantitative estimate of drug-likeness (QED) is 0.547. The van der Waals surface area contributed by atoms with Crippen LogP contribution in [0.15, 0.2) is 41.1 Å². The van der Waals surface area contributed by atoms with Gasteiger partial charge in [-0.15, -0.1) is 0 Å². The van der Waals surface area contributed by atoms with Gasteiger partial charge in [0.05, 0.1) is 11.8 Å². The zero-order valence-electron chi connectivity index (χ0n) is 6.77. The smallest absolute Gasteiger partial charge is 0.189 e. The molecular weight excluding hydrogens is 164 g/mol. The lowest BCUT2D eigenvalue weighted by Crippen LogP contribution is -2.22. The molecule has 3 nitrogen and oxygen atoms in total. The molecule has 0 aromatic carbocycles. The number of allylic oxidation sites excluding steroid dienone is 5. The largest absolute Gasteiger partial charge is 0.289 e. The second kappa shape index (κ2) is 2.83. The Morgan fingerprint density at radius 3 is 3.15 bits per heavy atom. The van der Waals surface area contributed by atoms with Gasteiger partial charge < -0.3 is 0 Å². The van der Waals surface area contributed by atoms with E-state index in [4.69, 9.17) is 5.26 Å². The molecule has 0 spiro atoms. The van der Waals surface area contributed by atoms with Crippen LogP contribution in [0.2, 0.25) is 0 Å². The van der Waals surface area contributed by atoms with Gasteiger partial charge in [-0.2, -0.15) is 5.26 Å². The molecule has 0 amide bonds. The maximum Gasteiger partial charge on any atom is 0.189 e. The third-order valence-corrected chi connectivity index (χ3v) is 1.98. The molecule has 0 aromatic heterocycles. The fraction of sp³-hybridized carbons (Fsp3) is 0.100. The molecule has 1 aliphatic heterocycles. The van der Waals surface area contributed by atoms with Crippen LogP contribution in [-0.4, -0.2) is 11.5 Å². The number of aliphatic imine (C=N–C) groups is 1. The predicted molar refractivity (Wildman–Crippen MR) is 47.9 cm³/mol. The summed E-state index contributed by atoms with van der Waals surface area (Å²) in [5.41, 5.74) is 1.11. The van der Waals surface area contributed by atoms with Crippen LogP contribution in [0.1, 0.15) is 0 Å². The van der Waals surface area contributed by atoms with Crippen molar-refractivity contribution in [3.05, 3.63) is 36.1 Å². The van der Waals surface area contributed by atoms with E-state index in [9.17, 15) is 4.79 Å². The molecular formula is C10H6N2O. The molecule has 0 saturated heterocycles. The van der Waals surface area contributed by atoms with Crippen LogP contribution < -0.4 is 0 Å². The van der Waals surface area contributed by atoms with E-state index in [1.807, 2.05) is 0 Å². The summed E-state index contributed by atoms with van der Waals surface area (Å²) in [7, 11) is 0. The van der Waals surface area contributed by atoms with Crippen LogP contribution in [0, 0.1) is 17.2 Å². The minimum atomic E-state index is -0.381. The molecule has 0 N–H and O–H groups in total. The van der Waals surface area contributed by atoms with Crippen molar-refractivity contribution in [3.8, 4) is 6.07 Å². The van der Waals surface area contributed by atoms with Gasteiger partial charge in [0.25, 0.3) is 0 Å². The molecule has 3 heteroatoms. The van der Waals surface area contributed by atoms with Crippen LogP contribution in [0.25, 0.3) is 0 Å². The summed E-state index contributed by atoms with van der Waals surface area (Å²) >= 11 is 0. The topological polar surface area (TPSA) is 53.2 Å². The Hall–Kier alpha value is -1.95. The number of ketones is 1. The van der Waals surface area contributed by atoms with E-state index in [1.54, 1.807) is 18.2 Å². The lowest BCUT2D eigenvalue weighted by Gasteiger charge is -2.15. The molecule has 0 saturated carbocycles. The van der Waals surface area contributed by atoms with Crippen molar-refractivity contribution in [2.24, 2.45) is 10.9 Å². The Morgan fingerprint density at radius 1 is 1.54 bits per heavy atom. The molecule has 62 valence electrons. The van der Waals surface area contributed by atoms with E-state index in [-0.39, 0.29) is 11.7 Å². The Morgan fingerprint density at radius 2 is 2.38 bits per heavy atom. The van der Waals surface area contributed by atoms with Gasteiger partial charge >= 0.3 is 0 Å². The summed E-state index contributed by atoms with van der Waals surface area (Å²) in [4.78, 5) is 15.3. The molecule has 0 aromatic rings. The van der Waals surface area contributed by atoms with Crippen LogP contribution in [0.3, 0.4) is 0 Å². The third kappa shape index (κ3) is 1.13. The van der Waals surface area contributed by atoms with Crippen molar-refractivity contribution in [3.63, 3.8) is 0 Å². The summed E-state index contributed by atoms with van der Waals surface area (Å²) in [6.45, 7) is 0. The van der Waals surface area contributed by atoms with E-state index in [0.717, 1.165) is 0 Å². The number of hydrogen-bond acceptors (Lipinski definition) is 3. The molecule has 2 rings (SSSR count). The average molecular weight is 170 g/mol. The highest BCUT2D eigenvalue weighted by molar-refractivity contribution is 6.29. The summed E-state index contributed by atoms with van der Waals surface area (Å²) in [6, 6.07) is 2.08. The molecule has 1 unspecified atom stereocenters. The summed E-state index contributed by atoms with van der Waals surface area (Å²) in [5, 5.41) is 8.77. The lowest BCUT2D eigenvalue weighted by molar-refractivity contribution is -0.111. The Bertz CT molecular complexity index is 419. The molecule has 13 heavy (non-hydrogen) atoms. The van der Waals surface area contributed by atoms with Crippen molar-refractivity contribution in [1.29, 1.82) is 5.26 Å². The number of nitriles is 1. The maximum atomic E-state index is 11.3. The van der Waals surface area contributed by atoms with E-state index in [1.165, 1.54) is 12.3 Å². The standard InChI is InChI=1S/C10H6N2O/c11-6-7-2-1-3-8-9(13)4-5-12-10(7)8/h1-5,7H. The van der Waals surface area contributed by atoms with E-state index in [0.29, 0.717) is 11.3 Å². The highest BCUT2D eigenvalue weighted by Crippen LogP contribution is 2.19. The SMILES string of the molecule is N#CC1C=CC=C2C(=O)C=CN=C21. The zero-order valence-corrected chi connectivity index (χ0v) is 6.77. The van der Waals surface area contributed by atoms with Crippen molar-refractivity contribution in [2.75, 3.05) is 0 Å². The lowest BCUT2D eigenvalue weighted by atomic mass is 9.89. The first-order chi connectivity index (χ1) is 6.33. The summed E-state index contributed by atoms with van der Waals surface area (Å²) in [5.74, 6) is -0.455. The first-order valence-electron chi connectivity index (χ1n) is 3.90. The summed E-state index contributed by atoms with van der Waals surface area (Å²) in [6.07, 6.45) is 7.99. The van der Waals surface area contributed by atoms with E-state index in [2.05, 4.69) is 11.1 Å². The Balaban J connectivity index is 2.51. The first-order valence-corrected chi connectivity index (χ1v) is 3.90. The van der Waals surface area contributed by atoms with Crippen molar-refractivity contribution in [2.45, 2.75) is 0 Å². The minimum absolute atomic E-state index is 0.0744. The van der Waals surface area contributed by atoms with Crippen LogP contribution in [-0.2, 0) is 4.79 Å². The number of hydrogen-bond donors (Lipinski definition) is 0. The van der Waals surface area contributed by atoms with Crippen molar-refractivity contribution < 1.29 is 4.79 Å². The van der Waals surface area contributed by atoms with Gasteiger partial charge in [-0.25, -0.2) is 0 Å². The number of rotatable bonds is 0. The number of carbonyl (C=O) groups excluding carboxylic acids is 1. The first kappa shape index (κ1) is 7.69. The highest BCUT2D eigenvalue weighted by Gasteiger charge is 2.24. The van der Waals surface area contributed by atoms with Crippen LogP contribution in [0.5, 0.6) is 0 Å². The Labute approximate surface area is 75.4 Å². The molecule has 0 fully saturated rings. The Kier molecular flexibility index (Phi) is 1.67. The van der Waals surface area contributed by atoms with Crippen molar-refractivity contribution >= 4 is 11.5 Å². The molecule has 0 bridgehead atoms. The number of carbonyl (C=O) groups is 1. The van der Waals surface area contributed by atoms with Gasteiger partial charge in [-0.1, -0.05) is 12.2 Å². The van der Waals surface area contributed by atoms with Gasteiger partial charge in [0.2, 0.25) is 0 Å². The van der Waals surface area contributed by atoms with E-state index < -0.39 is 0 Å². The number of fused-ring (bicyclic) bond motifs is 1. The van der Waals surface area contributed by atoms with Gasteiger partial charge in [0.15, 0.2) is 5.78 Å². The average Bonchev–Trinajstić information content (AvgIpc) is 2.18. The van der Waals surface area contributed by atoms with Gasteiger partial charge in [0, 0.05) is 17.8 Å². The third-order valence-electron chi connectivity index (χ3n) is 1.98. The fourth-order valence-corrected chi connectivity index (χ4v) is 1.34. The maximum absolute atomic E-state index is 11.3. The molecule has 1 aliphatic carbocycles. The second-order valence-electron chi connectivity index (χ2n) is 2.77. The number of nitrogens with zero attached hydrogens (tertiary/aromatic N) is 2. The molecule has 1 heterocycles. The molecule has 0 radical (unpaired) electrons. The van der Waals surface area contributed by atoms with Gasteiger partial charge in [-0.3, -0.25) is 9.79 Å². The monoisotopic (exact) mass is 170 g/mol. The second-order valence-corrected chi connectivity index (χ2v) is 2.77. The van der Waals surface area contributed by atoms with Gasteiger partial charge in [0.1, 0.15) is 5.92 Å². The predicted octanol–water partition coefficient (Wildman–Crippen LogP) is 1.16. The highest BCUT2D eigenvalue weighted by atomic mass is 16.1. The molecule has 2 aliphatic rings. The van der Waals surface area contributed by atoms with Crippen LogP contribution >= 0.6 is 0 Å². The van der Waals surface area contributed by atoms with E-state index >= 15 is 0 Å². The minimum Gasteiger partial charge on any atom is -0.289 e. The summed E-state index contributed by atoms with van der Waals surface area (Å²) < 4.78 is 0. The van der Waals surface area contributed by atoms with Crippen molar-refractivity contribution in [1.82, 2.24) is 0 Å².